The number of nitrogens with one attached hydrogen (secondary N) is 1. The van der Waals surface area contributed by atoms with Gasteiger partial charge in [0.05, 0.1) is 21.3 Å². The van der Waals surface area contributed by atoms with Crippen LogP contribution in [0, 0.1) is 17.5 Å². The second-order valence-electron chi connectivity index (χ2n) is 11.9. The van der Waals surface area contributed by atoms with Gasteiger partial charge < -0.3 is 20.7 Å². The largest absolute Gasteiger partial charge is 0.461 e. The van der Waals surface area contributed by atoms with Crippen LogP contribution in [0.5, 0.6) is 6.01 Å². The first-order chi connectivity index (χ1) is 20.3. The summed E-state index contributed by atoms with van der Waals surface area (Å²) in [5.41, 5.74) is 5.10. The monoisotopic (exact) mass is 599 g/mol. The summed E-state index contributed by atoms with van der Waals surface area (Å²) in [4.78, 5) is 17.7. The third-order valence-electron chi connectivity index (χ3n) is 9.48. The Morgan fingerprint density at radius 2 is 1.88 bits per heavy atom. The molecule has 0 saturated carbocycles. The van der Waals surface area contributed by atoms with Crippen molar-refractivity contribution in [1.29, 1.82) is 0 Å². The highest BCUT2D eigenvalue weighted by atomic mass is 32.1. The van der Waals surface area contributed by atoms with E-state index in [4.69, 9.17) is 15.5 Å². The number of nitrogens with two attached hydrogens (primary N) is 1. The molecule has 0 radical (unpaired) electrons. The summed E-state index contributed by atoms with van der Waals surface area (Å²) in [7, 11) is 0. The number of hydrogen-bond donors (Lipinski definition) is 2. The van der Waals surface area contributed by atoms with Crippen molar-refractivity contribution in [3.63, 3.8) is 0 Å². The van der Waals surface area contributed by atoms with Crippen molar-refractivity contribution in [3.8, 4) is 17.1 Å². The molecule has 13 heteroatoms. The third-order valence-corrected chi connectivity index (χ3v) is 10.4. The van der Waals surface area contributed by atoms with E-state index < -0.39 is 29.2 Å². The SMILES string of the molecule is Nc1nc2c(-c3c(F)cc4c(N5[C@@H]6CC[C@H]5CNC6)nc(OC[C@@]56CCCN5C[C@H](F)C6)nc4c3F)ccc(F)c2s1. The highest BCUT2D eigenvalue weighted by Crippen LogP contribution is 2.44. The summed E-state index contributed by atoms with van der Waals surface area (Å²) in [6.07, 6.45) is 3.06. The number of nitrogens with zero attached hydrogens (tertiary/aromatic N) is 5. The smallest absolute Gasteiger partial charge is 0.319 e. The zero-order valence-corrected chi connectivity index (χ0v) is 23.5. The predicted molar refractivity (Wildman–Crippen MR) is 153 cm³/mol. The van der Waals surface area contributed by atoms with Gasteiger partial charge in [0.1, 0.15) is 35.7 Å². The summed E-state index contributed by atoms with van der Waals surface area (Å²) in [6, 6.07) is 3.91. The van der Waals surface area contributed by atoms with Gasteiger partial charge in [-0.05, 0) is 50.4 Å². The van der Waals surface area contributed by atoms with Gasteiger partial charge in [0, 0.05) is 49.1 Å². The van der Waals surface area contributed by atoms with Crippen LogP contribution < -0.4 is 20.7 Å². The number of benzene rings is 2. The van der Waals surface area contributed by atoms with Crippen molar-refractivity contribution in [3.05, 3.63) is 35.7 Å². The van der Waals surface area contributed by atoms with E-state index in [-0.39, 0.29) is 62.1 Å². The highest BCUT2D eigenvalue weighted by molar-refractivity contribution is 7.22. The van der Waals surface area contributed by atoms with Crippen LogP contribution in [0.1, 0.15) is 32.1 Å². The summed E-state index contributed by atoms with van der Waals surface area (Å²) < 4.78 is 67.7. The molecule has 4 fully saturated rings. The Hall–Kier alpha value is -3.29. The van der Waals surface area contributed by atoms with Gasteiger partial charge in [0.15, 0.2) is 10.9 Å². The molecule has 0 amide bonds. The van der Waals surface area contributed by atoms with E-state index in [0.29, 0.717) is 18.8 Å². The molecule has 220 valence electrons. The van der Waals surface area contributed by atoms with Crippen LogP contribution in [-0.4, -0.2) is 76.4 Å². The molecule has 42 heavy (non-hydrogen) atoms. The fourth-order valence-electron chi connectivity index (χ4n) is 7.63. The van der Waals surface area contributed by atoms with Crippen molar-refractivity contribution >= 4 is 43.4 Å². The van der Waals surface area contributed by atoms with Gasteiger partial charge in [-0.2, -0.15) is 9.97 Å². The number of anilines is 2. The fraction of sp³-hybridized carbons (Fsp3) is 0.483. The second-order valence-corrected chi connectivity index (χ2v) is 12.9. The zero-order valence-electron chi connectivity index (χ0n) is 22.7. The number of halogens is 4. The average molecular weight is 600 g/mol. The number of rotatable bonds is 5. The van der Waals surface area contributed by atoms with Gasteiger partial charge in [0.25, 0.3) is 0 Å². The van der Waals surface area contributed by atoms with Gasteiger partial charge in [0.2, 0.25) is 0 Å². The Balaban J connectivity index is 1.29. The molecule has 8 rings (SSSR count). The van der Waals surface area contributed by atoms with Gasteiger partial charge in [-0.1, -0.05) is 11.3 Å². The average Bonchev–Trinajstić information content (AvgIpc) is 3.68. The van der Waals surface area contributed by atoms with E-state index in [1.54, 1.807) is 0 Å². The maximum absolute atomic E-state index is 16.6. The Bertz CT molecular complexity index is 1720. The number of fused-ring (bicyclic) bond motifs is 5. The van der Waals surface area contributed by atoms with Crippen molar-refractivity contribution in [2.24, 2.45) is 0 Å². The molecule has 0 spiro atoms. The molecule has 2 aromatic carbocycles. The molecule has 4 saturated heterocycles. The quantitative estimate of drug-likeness (QED) is 0.316. The Labute approximate surface area is 242 Å². The number of hydrogen-bond acceptors (Lipinski definition) is 9. The summed E-state index contributed by atoms with van der Waals surface area (Å²) in [5, 5.41) is 3.75. The lowest BCUT2D eigenvalue weighted by Crippen LogP contribution is -2.52. The normalized spacial score (nSPS) is 27.4. The minimum absolute atomic E-state index is 0.0300. The molecule has 3 N–H and O–H groups in total. The lowest BCUT2D eigenvalue weighted by Gasteiger charge is -2.37. The van der Waals surface area contributed by atoms with E-state index in [1.807, 2.05) is 0 Å². The van der Waals surface area contributed by atoms with Crippen LogP contribution in [0.4, 0.5) is 28.5 Å². The van der Waals surface area contributed by atoms with Crippen LogP contribution in [0.15, 0.2) is 18.2 Å². The van der Waals surface area contributed by atoms with Crippen LogP contribution in [-0.2, 0) is 0 Å². The fourth-order valence-corrected chi connectivity index (χ4v) is 8.40. The summed E-state index contributed by atoms with van der Waals surface area (Å²) >= 11 is 0.918. The lowest BCUT2D eigenvalue weighted by molar-refractivity contribution is 0.107. The first kappa shape index (κ1) is 26.3. The topological polar surface area (TPSA) is 92.4 Å². The maximum Gasteiger partial charge on any atom is 0.319 e. The molecule has 4 aromatic rings. The molecule has 0 unspecified atom stereocenters. The molecular formula is C29H29F4N7OS. The van der Waals surface area contributed by atoms with E-state index >= 15 is 8.78 Å². The first-order valence-corrected chi connectivity index (χ1v) is 15.2. The Morgan fingerprint density at radius 3 is 2.69 bits per heavy atom. The van der Waals surface area contributed by atoms with Crippen LogP contribution in [0.3, 0.4) is 0 Å². The summed E-state index contributed by atoms with van der Waals surface area (Å²) in [6.45, 7) is 2.83. The number of piperazine rings is 1. The van der Waals surface area contributed by atoms with Crippen LogP contribution in [0.2, 0.25) is 0 Å². The predicted octanol–water partition coefficient (Wildman–Crippen LogP) is 4.80. The molecule has 6 heterocycles. The molecular weight excluding hydrogens is 570 g/mol. The standard InChI is InChI=1S/C29H29F4N7OS/c30-14-9-29(6-1-7-39(29)12-14)13-41-28-37-23-18(26(38-28)40-15-2-3-16(40)11-35-10-15)8-20(32)21(22(23)33)17-4-5-19(31)25-24(17)36-27(34)42-25/h4-5,8,14-16,35H,1-3,6-7,9-13H2,(H2,34,36)/t14-,15-,16+,29+/m1/s1. The van der Waals surface area contributed by atoms with Crippen molar-refractivity contribution < 1.29 is 22.3 Å². The number of nitrogen functional groups attached to an aromatic ring is 1. The van der Waals surface area contributed by atoms with E-state index in [0.717, 1.165) is 62.7 Å². The second kappa shape index (κ2) is 9.61. The van der Waals surface area contributed by atoms with E-state index in [2.05, 4.69) is 25.1 Å². The molecule has 0 aliphatic carbocycles. The van der Waals surface area contributed by atoms with Crippen LogP contribution >= 0.6 is 11.3 Å². The maximum atomic E-state index is 16.6. The van der Waals surface area contributed by atoms with E-state index in [1.165, 1.54) is 12.1 Å². The van der Waals surface area contributed by atoms with Crippen molar-refractivity contribution in [1.82, 2.24) is 25.2 Å². The Morgan fingerprint density at radius 1 is 1.07 bits per heavy atom. The number of alkyl halides is 1. The third kappa shape index (κ3) is 3.96. The molecule has 4 aliphatic rings. The van der Waals surface area contributed by atoms with E-state index in [9.17, 15) is 8.78 Å². The van der Waals surface area contributed by atoms with Gasteiger partial charge in [-0.25, -0.2) is 22.5 Å². The summed E-state index contributed by atoms with van der Waals surface area (Å²) in [5.74, 6) is -1.89. The zero-order chi connectivity index (χ0) is 28.7. The molecule has 4 atom stereocenters. The van der Waals surface area contributed by atoms with Crippen molar-refractivity contribution in [2.75, 3.05) is 43.4 Å². The molecule has 2 aromatic heterocycles. The van der Waals surface area contributed by atoms with Gasteiger partial charge >= 0.3 is 6.01 Å². The molecule has 8 nitrogen and oxygen atoms in total. The van der Waals surface area contributed by atoms with Crippen LogP contribution in [0.25, 0.3) is 32.2 Å². The first-order valence-electron chi connectivity index (χ1n) is 14.4. The van der Waals surface area contributed by atoms with Gasteiger partial charge in [-0.3, -0.25) is 4.90 Å². The highest BCUT2D eigenvalue weighted by Gasteiger charge is 2.49. The molecule has 2 bridgehead atoms. The Kier molecular flexibility index (Phi) is 6.03. The number of aromatic nitrogens is 3. The van der Waals surface area contributed by atoms with Crippen molar-refractivity contribution in [2.45, 2.75) is 55.9 Å². The molecule has 4 aliphatic heterocycles. The minimum atomic E-state index is -0.922. The lowest BCUT2D eigenvalue weighted by atomic mass is 9.95. The minimum Gasteiger partial charge on any atom is -0.461 e. The number of ether oxygens (including phenoxy) is 1. The van der Waals surface area contributed by atoms with Gasteiger partial charge in [-0.15, -0.1) is 0 Å². The number of thiazole rings is 1.